The lowest BCUT2D eigenvalue weighted by atomic mass is 10.2. The summed E-state index contributed by atoms with van der Waals surface area (Å²) in [6.45, 7) is 0.398. The van der Waals surface area contributed by atoms with E-state index in [1.165, 1.54) is 7.11 Å². The number of carbonyl (C=O) groups excluding carboxylic acids is 1. The number of carbonyl (C=O) groups is 1. The van der Waals surface area contributed by atoms with Crippen LogP contribution in [0.15, 0.2) is 36.7 Å². The van der Waals surface area contributed by atoms with E-state index in [-0.39, 0.29) is 5.69 Å². The van der Waals surface area contributed by atoms with Crippen LogP contribution in [0.4, 0.5) is 0 Å². The van der Waals surface area contributed by atoms with Crippen LogP contribution in [-0.4, -0.2) is 27.8 Å². The molecular formula is C15H11Cl2N3O2. The number of nitrogens with zero attached hydrogens (tertiary/aromatic N) is 3. The predicted molar refractivity (Wildman–Crippen MR) is 84.4 cm³/mol. The minimum absolute atomic E-state index is 0.255. The summed E-state index contributed by atoms with van der Waals surface area (Å²) < 4.78 is 6.44. The van der Waals surface area contributed by atoms with Gasteiger partial charge in [0.05, 0.1) is 25.4 Å². The summed E-state index contributed by atoms with van der Waals surface area (Å²) in [4.78, 5) is 15.9. The molecular weight excluding hydrogens is 325 g/mol. The second kappa shape index (κ2) is 5.94. The number of pyridine rings is 1. The Hall–Kier alpha value is -2.11. The van der Waals surface area contributed by atoms with Gasteiger partial charge >= 0.3 is 5.97 Å². The average molecular weight is 336 g/mol. The summed E-state index contributed by atoms with van der Waals surface area (Å²) in [6, 6.07) is 6.98. The second-order valence-corrected chi connectivity index (χ2v) is 5.47. The van der Waals surface area contributed by atoms with Crippen molar-refractivity contribution in [2.24, 2.45) is 0 Å². The molecule has 0 unspecified atom stereocenters. The van der Waals surface area contributed by atoms with Gasteiger partial charge in [0.2, 0.25) is 0 Å². The second-order valence-electron chi connectivity index (χ2n) is 4.63. The number of halogens is 2. The van der Waals surface area contributed by atoms with Crippen LogP contribution in [0.25, 0.3) is 10.9 Å². The zero-order valence-corrected chi connectivity index (χ0v) is 13.1. The smallest absolute Gasteiger partial charge is 0.359 e. The van der Waals surface area contributed by atoms with Gasteiger partial charge in [-0.25, -0.2) is 4.79 Å². The molecule has 7 heteroatoms. The highest BCUT2D eigenvalue weighted by Crippen LogP contribution is 2.24. The van der Waals surface area contributed by atoms with E-state index in [0.717, 1.165) is 11.1 Å². The molecule has 1 aromatic carbocycles. The van der Waals surface area contributed by atoms with Crippen molar-refractivity contribution in [1.29, 1.82) is 0 Å². The third-order valence-corrected chi connectivity index (χ3v) is 3.85. The lowest BCUT2D eigenvalue weighted by Crippen LogP contribution is -2.06. The highest BCUT2D eigenvalue weighted by atomic mass is 35.5. The number of hydrogen-bond donors (Lipinski definition) is 0. The molecule has 3 aromatic rings. The fourth-order valence-corrected chi connectivity index (χ4v) is 2.67. The topological polar surface area (TPSA) is 57.0 Å². The van der Waals surface area contributed by atoms with E-state index in [0.29, 0.717) is 22.0 Å². The average Bonchev–Trinajstić information content (AvgIpc) is 2.88. The first-order valence-corrected chi connectivity index (χ1v) is 7.18. The standard InChI is InChI=1S/C15H11Cl2N3O2/c1-22-15(21)14-11-4-5-18-7-13(11)20(19-14)8-9-2-3-10(16)6-12(9)17/h2-7H,8H2,1H3. The van der Waals surface area contributed by atoms with Crippen LogP contribution in [0.1, 0.15) is 16.1 Å². The maximum absolute atomic E-state index is 11.8. The van der Waals surface area contributed by atoms with E-state index in [4.69, 9.17) is 27.9 Å². The van der Waals surface area contributed by atoms with E-state index in [1.807, 2.05) is 6.07 Å². The van der Waals surface area contributed by atoms with Crippen molar-refractivity contribution in [3.8, 4) is 0 Å². The summed E-state index contributed by atoms with van der Waals surface area (Å²) in [6.07, 6.45) is 3.26. The van der Waals surface area contributed by atoms with Gasteiger partial charge in [0.1, 0.15) is 0 Å². The summed E-state index contributed by atoms with van der Waals surface area (Å²) in [5.74, 6) is -0.489. The minimum atomic E-state index is -0.489. The number of fused-ring (bicyclic) bond motifs is 1. The van der Waals surface area contributed by atoms with E-state index in [9.17, 15) is 4.79 Å². The molecule has 0 saturated carbocycles. The summed E-state index contributed by atoms with van der Waals surface area (Å²) in [5, 5.41) is 6.12. The molecule has 0 N–H and O–H groups in total. The van der Waals surface area contributed by atoms with Gasteiger partial charge in [-0.3, -0.25) is 9.67 Å². The molecule has 0 bridgehead atoms. The first-order valence-electron chi connectivity index (χ1n) is 6.43. The molecule has 0 amide bonds. The molecule has 0 spiro atoms. The van der Waals surface area contributed by atoms with Gasteiger partial charge in [-0.2, -0.15) is 5.10 Å². The molecule has 0 aliphatic carbocycles. The molecule has 0 radical (unpaired) electrons. The fraction of sp³-hybridized carbons (Fsp3) is 0.133. The van der Waals surface area contributed by atoms with Gasteiger partial charge in [0, 0.05) is 21.6 Å². The summed E-state index contributed by atoms with van der Waals surface area (Å²) in [5.41, 5.74) is 1.83. The van der Waals surface area contributed by atoms with Crippen molar-refractivity contribution >= 4 is 40.1 Å². The van der Waals surface area contributed by atoms with Crippen LogP contribution < -0.4 is 0 Å². The van der Waals surface area contributed by atoms with E-state index < -0.39 is 5.97 Å². The molecule has 0 atom stereocenters. The van der Waals surface area contributed by atoms with Crippen LogP contribution in [-0.2, 0) is 11.3 Å². The highest BCUT2D eigenvalue weighted by molar-refractivity contribution is 6.35. The minimum Gasteiger partial charge on any atom is -0.464 e. The van der Waals surface area contributed by atoms with E-state index in [2.05, 4.69) is 10.1 Å². The molecule has 22 heavy (non-hydrogen) atoms. The Morgan fingerprint density at radius 2 is 2.14 bits per heavy atom. The molecule has 0 saturated heterocycles. The zero-order chi connectivity index (χ0) is 15.7. The molecule has 5 nitrogen and oxygen atoms in total. The van der Waals surface area contributed by atoms with Gasteiger partial charge in [-0.1, -0.05) is 29.3 Å². The largest absolute Gasteiger partial charge is 0.464 e. The van der Waals surface area contributed by atoms with Crippen LogP contribution in [0.3, 0.4) is 0 Å². The quantitative estimate of drug-likeness (QED) is 0.686. The van der Waals surface area contributed by atoms with Crippen molar-refractivity contribution in [2.45, 2.75) is 6.54 Å². The molecule has 2 aromatic heterocycles. The van der Waals surface area contributed by atoms with E-state index in [1.54, 1.807) is 35.3 Å². The highest BCUT2D eigenvalue weighted by Gasteiger charge is 2.18. The number of esters is 1. The monoisotopic (exact) mass is 335 g/mol. The Morgan fingerprint density at radius 3 is 2.86 bits per heavy atom. The van der Waals surface area contributed by atoms with Crippen molar-refractivity contribution in [3.63, 3.8) is 0 Å². The molecule has 2 heterocycles. The molecule has 0 aliphatic rings. The van der Waals surface area contributed by atoms with Crippen molar-refractivity contribution in [3.05, 3.63) is 58.0 Å². The first kappa shape index (κ1) is 14.8. The maximum atomic E-state index is 11.8. The molecule has 3 rings (SSSR count). The SMILES string of the molecule is COC(=O)c1nn(Cc2ccc(Cl)cc2Cl)c2cnccc12. The predicted octanol–water partition coefficient (Wildman–Crippen LogP) is 3.57. The van der Waals surface area contributed by atoms with Crippen LogP contribution >= 0.6 is 23.2 Å². The van der Waals surface area contributed by atoms with Crippen molar-refractivity contribution in [2.75, 3.05) is 7.11 Å². The van der Waals surface area contributed by atoms with Gasteiger partial charge < -0.3 is 4.74 Å². The number of methoxy groups -OCH3 is 1. The van der Waals surface area contributed by atoms with Crippen LogP contribution in [0.5, 0.6) is 0 Å². The van der Waals surface area contributed by atoms with Gasteiger partial charge in [-0.05, 0) is 23.8 Å². The Labute approximate surface area is 136 Å². The Kier molecular flexibility index (Phi) is 4.00. The summed E-state index contributed by atoms with van der Waals surface area (Å²) >= 11 is 12.1. The van der Waals surface area contributed by atoms with Gasteiger partial charge in [-0.15, -0.1) is 0 Å². The van der Waals surface area contributed by atoms with Crippen LogP contribution in [0, 0.1) is 0 Å². The molecule has 0 fully saturated rings. The van der Waals surface area contributed by atoms with Crippen LogP contribution in [0.2, 0.25) is 10.0 Å². The molecule has 112 valence electrons. The molecule has 0 aliphatic heterocycles. The third kappa shape index (κ3) is 2.65. The number of benzene rings is 1. The first-order chi connectivity index (χ1) is 10.6. The zero-order valence-electron chi connectivity index (χ0n) is 11.6. The summed E-state index contributed by atoms with van der Waals surface area (Å²) in [7, 11) is 1.32. The number of aromatic nitrogens is 3. The third-order valence-electron chi connectivity index (χ3n) is 3.27. The normalized spacial score (nSPS) is 10.9. The van der Waals surface area contributed by atoms with Crippen molar-refractivity contribution < 1.29 is 9.53 Å². The number of rotatable bonds is 3. The van der Waals surface area contributed by atoms with Crippen molar-refractivity contribution in [1.82, 2.24) is 14.8 Å². The van der Waals surface area contributed by atoms with Gasteiger partial charge in [0.25, 0.3) is 0 Å². The number of hydrogen-bond acceptors (Lipinski definition) is 4. The number of ether oxygens (including phenoxy) is 1. The van der Waals surface area contributed by atoms with Gasteiger partial charge in [0.15, 0.2) is 5.69 Å². The Bertz CT molecular complexity index is 861. The Balaban J connectivity index is 2.09. The van der Waals surface area contributed by atoms with E-state index >= 15 is 0 Å². The Morgan fingerprint density at radius 1 is 1.32 bits per heavy atom. The fourth-order valence-electron chi connectivity index (χ4n) is 2.20. The lowest BCUT2D eigenvalue weighted by molar-refractivity contribution is 0.0595. The lowest BCUT2D eigenvalue weighted by Gasteiger charge is -2.06. The maximum Gasteiger partial charge on any atom is 0.359 e.